The van der Waals surface area contributed by atoms with E-state index in [0.29, 0.717) is 0 Å². The van der Waals surface area contributed by atoms with Gasteiger partial charge in [-0.15, -0.1) is 0 Å². The van der Waals surface area contributed by atoms with Gasteiger partial charge in [0.1, 0.15) is 5.75 Å². The van der Waals surface area contributed by atoms with Crippen molar-refractivity contribution < 1.29 is 9.53 Å². The van der Waals surface area contributed by atoms with Gasteiger partial charge in [-0.3, -0.25) is 9.78 Å². The summed E-state index contributed by atoms with van der Waals surface area (Å²) in [5, 5.41) is 0. The maximum Gasteiger partial charge on any atom is 0.261 e. The van der Waals surface area contributed by atoms with Crippen LogP contribution < -0.4 is 4.74 Å². The van der Waals surface area contributed by atoms with Crippen molar-refractivity contribution in [2.75, 3.05) is 13.2 Å². The van der Waals surface area contributed by atoms with Crippen LogP contribution in [-0.2, 0) is 4.79 Å². The van der Waals surface area contributed by atoms with E-state index in [9.17, 15) is 4.79 Å². The summed E-state index contributed by atoms with van der Waals surface area (Å²) in [6.07, 6.45) is 6.81. The van der Waals surface area contributed by atoms with Crippen LogP contribution in [0.2, 0.25) is 0 Å². The van der Waals surface area contributed by atoms with Gasteiger partial charge in [0.25, 0.3) is 5.91 Å². The molecule has 1 aliphatic heterocycles. The predicted molar refractivity (Wildman–Crippen MR) is 98.7 cm³/mol. The molecule has 0 radical (unpaired) electrons. The van der Waals surface area contributed by atoms with Crippen LogP contribution in [0.5, 0.6) is 5.75 Å². The van der Waals surface area contributed by atoms with Crippen LogP contribution in [0.3, 0.4) is 0 Å². The predicted octanol–water partition coefficient (Wildman–Crippen LogP) is 4.14. The highest BCUT2D eigenvalue weighted by Crippen LogP contribution is 2.31. The lowest BCUT2D eigenvalue weighted by Gasteiger charge is -2.36. The highest BCUT2D eigenvalue weighted by molar-refractivity contribution is 5.78. The van der Waals surface area contributed by atoms with E-state index < -0.39 is 0 Å². The molecule has 2 aromatic rings. The van der Waals surface area contributed by atoms with Crippen molar-refractivity contribution in [3.63, 3.8) is 0 Å². The average molecular weight is 338 g/mol. The molecular weight excluding hydrogens is 312 g/mol. The Hall–Kier alpha value is -2.36. The zero-order valence-corrected chi connectivity index (χ0v) is 15.3. The molecule has 1 unspecified atom stereocenters. The van der Waals surface area contributed by atoms with E-state index in [2.05, 4.69) is 24.0 Å². The fourth-order valence-corrected chi connectivity index (χ4v) is 3.51. The molecule has 0 saturated carbocycles. The fourth-order valence-electron chi connectivity index (χ4n) is 3.51. The van der Waals surface area contributed by atoms with Crippen molar-refractivity contribution >= 4 is 5.91 Å². The number of hydrogen-bond donors (Lipinski definition) is 0. The molecule has 1 aliphatic rings. The maximum atomic E-state index is 12.8. The first-order chi connectivity index (χ1) is 12.1. The number of nitrogens with zero attached hydrogens (tertiary/aromatic N) is 2. The zero-order valence-electron chi connectivity index (χ0n) is 15.3. The van der Waals surface area contributed by atoms with Crippen molar-refractivity contribution in [2.24, 2.45) is 0 Å². The number of ether oxygens (including phenoxy) is 1. The topological polar surface area (TPSA) is 42.4 Å². The molecular formula is C21H26N2O2. The molecule has 132 valence electrons. The molecule has 1 saturated heterocycles. The monoisotopic (exact) mass is 338 g/mol. The first-order valence-electron chi connectivity index (χ1n) is 8.97. The van der Waals surface area contributed by atoms with Crippen molar-refractivity contribution in [2.45, 2.75) is 46.1 Å². The number of aromatic nitrogens is 1. The molecule has 0 spiro atoms. The van der Waals surface area contributed by atoms with E-state index in [1.54, 1.807) is 6.20 Å². The molecule has 1 atom stereocenters. The van der Waals surface area contributed by atoms with Gasteiger partial charge in [-0.25, -0.2) is 0 Å². The van der Waals surface area contributed by atoms with E-state index in [1.165, 1.54) is 5.56 Å². The normalized spacial score (nSPS) is 17.4. The summed E-state index contributed by atoms with van der Waals surface area (Å²) in [5.41, 5.74) is 4.46. The summed E-state index contributed by atoms with van der Waals surface area (Å²) in [6.45, 7) is 7.00. The van der Waals surface area contributed by atoms with Gasteiger partial charge in [0, 0.05) is 18.9 Å². The van der Waals surface area contributed by atoms with E-state index >= 15 is 0 Å². The minimum absolute atomic E-state index is 0.0499. The molecule has 4 heteroatoms. The Morgan fingerprint density at radius 2 is 2.00 bits per heavy atom. The molecule has 0 aliphatic carbocycles. The number of benzene rings is 1. The van der Waals surface area contributed by atoms with Crippen molar-refractivity contribution in [1.29, 1.82) is 0 Å². The number of aryl methyl sites for hydroxylation is 2. The molecule has 2 heterocycles. The van der Waals surface area contributed by atoms with Crippen LogP contribution in [-0.4, -0.2) is 28.9 Å². The molecule has 25 heavy (non-hydrogen) atoms. The van der Waals surface area contributed by atoms with Gasteiger partial charge in [-0.1, -0.05) is 18.2 Å². The molecule has 0 N–H and O–H groups in total. The van der Waals surface area contributed by atoms with Crippen LogP contribution in [0.4, 0.5) is 0 Å². The summed E-state index contributed by atoms with van der Waals surface area (Å²) in [6, 6.07) is 8.23. The third-order valence-corrected chi connectivity index (χ3v) is 5.11. The number of amides is 1. The third-order valence-electron chi connectivity index (χ3n) is 5.11. The van der Waals surface area contributed by atoms with Crippen molar-refractivity contribution in [1.82, 2.24) is 9.88 Å². The number of piperidine rings is 1. The number of pyridine rings is 1. The van der Waals surface area contributed by atoms with Gasteiger partial charge in [0.05, 0.1) is 6.04 Å². The Balaban J connectivity index is 1.73. The van der Waals surface area contributed by atoms with Gasteiger partial charge in [0.15, 0.2) is 6.61 Å². The Kier molecular flexibility index (Phi) is 5.37. The van der Waals surface area contributed by atoms with Gasteiger partial charge in [0.2, 0.25) is 0 Å². The summed E-state index contributed by atoms with van der Waals surface area (Å²) in [5.74, 6) is 0.886. The average Bonchev–Trinajstić information content (AvgIpc) is 2.65. The molecule has 1 aromatic carbocycles. The maximum absolute atomic E-state index is 12.8. The number of hydrogen-bond acceptors (Lipinski definition) is 3. The van der Waals surface area contributed by atoms with Gasteiger partial charge >= 0.3 is 0 Å². The summed E-state index contributed by atoms with van der Waals surface area (Å²) in [7, 11) is 0. The molecule has 3 rings (SSSR count). The third kappa shape index (κ3) is 3.84. The van der Waals surface area contributed by atoms with E-state index in [4.69, 9.17) is 4.74 Å². The second kappa shape index (κ2) is 7.68. The Morgan fingerprint density at radius 1 is 1.20 bits per heavy atom. The van der Waals surface area contributed by atoms with E-state index in [0.717, 1.165) is 48.2 Å². The van der Waals surface area contributed by atoms with E-state index in [-0.39, 0.29) is 18.6 Å². The van der Waals surface area contributed by atoms with Crippen LogP contribution in [0, 0.1) is 20.8 Å². The molecule has 1 amide bonds. The summed E-state index contributed by atoms with van der Waals surface area (Å²) >= 11 is 0. The second-order valence-corrected chi connectivity index (χ2v) is 6.83. The lowest BCUT2D eigenvalue weighted by atomic mass is 9.96. The van der Waals surface area contributed by atoms with Crippen molar-refractivity contribution in [3.8, 4) is 5.75 Å². The van der Waals surface area contributed by atoms with Crippen molar-refractivity contribution in [3.05, 3.63) is 58.9 Å². The Bertz CT molecular complexity index is 743. The number of rotatable bonds is 4. The van der Waals surface area contributed by atoms with Gasteiger partial charge in [-0.05, 0) is 68.4 Å². The number of likely N-dealkylation sites (tertiary alicyclic amines) is 1. The lowest BCUT2D eigenvalue weighted by molar-refractivity contribution is -0.137. The molecule has 4 nitrogen and oxygen atoms in total. The standard InChI is InChI=1S/C21H26N2O2/c1-15-9-10-16(2)21(17(15)3)25-14-20(24)23-12-5-4-8-19(23)18-7-6-11-22-13-18/h6-7,9-11,13,19H,4-5,8,12,14H2,1-3H3. The summed E-state index contributed by atoms with van der Waals surface area (Å²) < 4.78 is 5.94. The summed E-state index contributed by atoms with van der Waals surface area (Å²) in [4.78, 5) is 19.0. The van der Waals surface area contributed by atoms with Gasteiger partial charge in [-0.2, -0.15) is 0 Å². The minimum atomic E-state index is 0.0499. The molecule has 1 fully saturated rings. The van der Waals surface area contributed by atoms with Crippen LogP contribution in [0.1, 0.15) is 47.6 Å². The lowest BCUT2D eigenvalue weighted by Crippen LogP contribution is -2.41. The fraction of sp³-hybridized carbons (Fsp3) is 0.429. The number of carbonyl (C=O) groups is 1. The highest BCUT2D eigenvalue weighted by Gasteiger charge is 2.28. The quantitative estimate of drug-likeness (QED) is 0.841. The van der Waals surface area contributed by atoms with Gasteiger partial charge < -0.3 is 9.64 Å². The zero-order chi connectivity index (χ0) is 17.8. The highest BCUT2D eigenvalue weighted by atomic mass is 16.5. The Labute approximate surface area is 149 Å². The molecule has 0 bridgehead atoms. The van der Waals surface area contributed by atoms with E-state index in [1.807, 2.05) is 37.1 Å². The SMILES string of the molecule is Cc1ccc(C)c(OCC(=O)N2CCCCC2c2cccnc2)c1C. The van der Waals surface area contributed by atoms with Crippen LogP contribution in [0.25, 0.3) is 0 Å². The molecule has 1 aromatic heterocycles. The number of carbonyl (C=O) groups excluding carboxylic acids is 1. The van der Waals surface area contributed by atoms with Crippen LogP contribution in [0.15, 0.2) is 36.7 Å². The minimum Gasteiger partial charge on any atom is -0.483 e. The largest absolute Gasteiger partial charge is 0.483 e. The van der Waals surface area contributed by atoms with Crippen LogP contribution >= 0.6 is 0 Å². The Morgan fingerprint density at radius 3 is 2.76 bits per heavy atom. The smallest absolute Gasteiger partial charge is 0.261 e. The first kappa shape index (κ1) is 17.5. The first-order valence-corrected chi connectivity index (χ1v) is 8.97. The second-order valence-electron chi connectivity index (χ2n) is 6.83.